The van der Waals surface area contributed by atoms with Gasteiger partial charge in [0.05, 0.1) is 23.5 Å². The molecule has 0 aliphatic heterocycles. The van der Waals surface area contributed by atoms with Gasteiger partial charge in [-0.15, -0.1) is 0 Å². The molecule has 2 rings (SSSR count). The third-order valence-corrected chi connectivity index (χ3v) is 3.38. The van der Waals surface area contributed by atoms with Crippen LogP contribution in [0.5, 0.6) is 5.88 Å². The average Bonchev–Trinajstić information content (AvgIpc) is 2.75. The third kappa shape index (κ3) is 3.69. The number of rotatable bonds is 6. The lowest BCUT2D eigenvalue weighted by molar-refractivity contribution is 0.394. The summed E-state index contributed by atoms with van der Waals surface area (Å²) in [5.74, 6) is 1.10. The number of hydrogen-bond acceptors (Lipinski definition) is 5. The van der Waals surface area contributed by atoms with Crippen LogP contribution in [0.25, 0.3) is 0 Å². The highest BCUT2D eigenvalue weighted by molar-refractivity contribution is 9.10. The van der Waals surface area contributed by atoms with Crippen molar-refractivity contribution in [2.45, 2.75) is 26.8 Å². The van der Waals surface area contributed by atoms with Gasteiger partial charge in [0.25, 0.3) is 0 Å². The first kappa shape index (κ1) is 14.8. The number of hydrogen-bond donors (Lipinski definition) is 1. The van der Waals surface area contributed by atoms with Crippen molar-refractivity contribution >= 4 is 21.9 Å². The molecule has 108 valence electrons. The molecule has 7 heteroatoms. The Morgan fingerprint density at radius 2 is 2.20 bits per heavy atom. The Bertz CT molecular complexity index is 584. The van der Waals surface area contributed by atoms with Crippen LogP contribution in [-0.4, -0.2) is 33.4 Å². The number of methoxy groups -OCH3 is 1. The van der Waals surface area contributed by atoms with Gasteiger partial charge in [-0.2, -0.15) is 10.1 Å². The average molecular weight is 340 g/mol. The number of nitrogens with one attached hydrogen (secondary N) is 1. The van der Waals surface area contributed by atoms with Crippen molar-refractivity contribution in [1.82, 2.24) is 19.7 Å². The molecule has 0 unspecified atom stereocenters. The molecular weight excluding hydrogens is 322 g/mol. The smallest absolute Gasteiger partial charge is 0.232 e. The quantitative estimate of drug-likeness (QED) is 0.819. The fraction of sp³-hybridized carbons (Fsp3) is 0.462. The Kier molecular flexibility index (Phi) is 4.94. The SMILES string of the molecule is COc1nc(NCCCn2nc(C)cc2C)ncc1Br. The monoisotopic (exact) mass is 339 g/mol. The maximum atomic E-state index is 5.13. The van der Waals surface area contributed by atoms with Crippen LogP contribution in [0, 0.1) is 13.8 Å². The predicted molar refractivity (Wildman–Crippen MR) is 81.1 cm³/mol. The molecule has 0 aliphatic carbocycles. The van der Waals surface area contributed by atoms with E-state index >= 15 is 0 Å². The van der Waals surface area contributed by atoms with Gasteiger partial charge in [0.1, 0.15) is 0 Å². The van der Waals surface area contributed by atoms with E-state index in [-0.39, 0.29) is 0 Å². The van der Waals surface area contributed by atoms with E-state index in [1.54, 1.807) is 13.3 Å². The van der Waals surface area contributed by atoms with Crippen molar-refractivity contribution in [3.8, 4) is 5.88 Å². The molecule has 0 amide bonds. The number of anilines is 1. The molecule has 0 aromatic carbocycles. The van der Waals surface area contributed by atoms with Gasteiger partial charge in [0, 0.05) is 18.8 Å². The van der Waals surface area contributed by atoms with E-state index in [0.717, 1.165) is 29.7 Å². The highest BCUT2D eigenvalue weighted by Gasteiger charge is 2.05. The number of halogens is 1. The zero-order valence-electron chi connectivity index (χ0n) is 11.9. The Morgan fingerprint density at radius 3 is 2.85 bits per heavy atom. The second kappa shape index (κ2) is 6.69. The van der Waals surface area contributed by atoms with Gasteiger partial charge in [-0.1, -0.05) is 0 Å². The summed E-state index contributed by atoms with van der Waals surface area (Å²) in [6.45, 7) is 5.73. The first-order chi connectivity index (χ1) is 9.60. The molecule has 0 saturated carbocycles. The minimum absolute atomic E-state index is 0.529. The number of nitrogens with zero attached hydrogens (tertiary/aromatic N) is 4. The molecule has 0 aliphatic rings. The van der Waals surface area contributed by atoms with Crippen molar-refractivity contribution in [2.24, 2.45) is 0 Å². The van der Waals surface area contributed by atoms with Gasteiger partial charge in [0.2, 0.25) is 11.8 Å². The minimum Gasteiger partial charge on any atom is -0.480 e. The predicted octanol–water partition coefficient (Wildman–Crippen LogP) is 2.56. The first-order valence-corrected chi connectivity index (χ1v) is 7.21. The van der Waals surface area contributed by atoms with Crippen molar-refractivity contribution in [3.05, 3.63) is 28.1 Å². The zero-order valence-corrected chi connectivity index (χ0v) is 13.4. The molecule has 6 nitrogen and oxygen atoms in total. The zero-order chi connectivity index (χ0) is 14.5. The lowest BCUT2D eigenvalue weighted by Crippen LogP contribution is -2.10. The highest BCUT2D eigenvalue weighted by Crippen LogP contribution is 2.21. The van der Waals surface area contributed by atoms with Crippen LogP contribution in [0.4, 0.5) is 5.95 Å². The van der Waals surface area contributed by atoms with Crippen molar-refractivity contribution < 1.29 is 4.74 Å². The maximum Gasteiger partial charge on any atom is 0.232 e. The van der Waals surface area contributed by atoms with Gasteiger partial charge >= 0.3 is 0 Å². The molecule has 2 aromatic rings. The number of ether oxygens (including phenoxy) is 1. The van der Waals surface area contributed by atoms with Gasteiger partial charge in [-0.25, -0.2) is 4.98 Å². The van der Waals surface area contributed by atoms with Crippen LogP contribution in [0.1, 0.15) is 17.8 Å². The van der Waals surface area contributed by atoms with Crippen LogP contribution in [0.3, 0.4) is 0 Å². The van der Waals surface area contributed by atoms with E-state index in [4.69, 9.17) is 4.74 Å². The Labute approximate surface area is 126 Å². The second-order valence-electron chi connectivity index (χ2n) is 4.48. The second-order valence-corrected chi connectivity index (χ2v) is 5.34. The van der Waals surface area contributed by atoms with Gasteiger partial charge in [0.15, 0.2) is 0 Å². The summed E-state index contributed by atoms with van der Waals surface area (Å²) in [5, 5.41) is 7.60. The van der Waals surface area contributed by atoms with Crippen molar-refractivity contribution in [1.29, 1.82) is 0 Å². The molecule has 0 radical (unpaired) electrons. The topological polar surface area (TPSA) is 64.9 Å². The lowest BCUT2D eigenvalue weighted by Gasteiger charge is -2.08. The van der Waals surface area contributed by atoms with Crippen molar-refractivity contribution in [3.63, 3.8) is 0 Å². The maximum absolute atomic E-state index is 5.13. The first-order valence-electron chi connectivity index (χ1n) is 6.41. The minimum atomic E-state index is 0.529. The molecule has 0 saturated heterocycles. The van der Waals surface area contributed by atoms with Gasteiger partial charge in [-0.3, -0.25) is 4.68 Å². The summed E-state index contributed by atoms with van der Waals surface area (Å²) < 4.78 is 7.89. The molecule has 1 N–H and O–H groups in total. The van der Waals surface area contributed by atoms with Crippen LogP contribution in [0.2, 0.25) is 0 Å². The van der Waals surface area contributed by atoms with Gasteiger partial charge in [-0.05, 0) is 42.3 Å². The fourth-order valence-corrected chi connectivity index (χ4v) is 2.26. The van der Waals surface area contributed by atoms with Crippen molar-refractivity contribution in [2.75, 3.05) is 19.0 Å². The summed E-state index contributed by atoms with van der Waals surface area (Å²) in [7, 11) is 1.58. The van der Waals surface area contributed by atoms with E-state index in [1.165, 1.54) is 5.69 Å². The number of aryl methyl sites for hydroxylation is 3. The Balaban J connectivity index is 1.83. The summed E-state index contributed by atoms with van der Waals surface area (Å²) in [6, 6.07) is 2.08. The molecular formula is C13H18BrN5O. The number of aromatic nitrogens is 4. The Hall–Kier alpha value is -1.63. The van der Waals surface area contributed by atoms with Crippen LogP contribution < -0.4 is 10.1 Å². The lowest BCUT2D eigenvalue weighted by atomic mass is 10.4. The molecule has 0 bridgehead atoms. The van der Waals surface area contributed by atoms with E-state index in [9.17, 15) is 0 Å². The summed E-state index contributed by atoms with van der Waals surface area (Å²) in [4.78, 5) is 8.42. The van der Waals surface area contributed by atoms with E-state index in [2.05, 4.69) is 49.3 Å². The van der Waals surface area contributed by atoms with Gasteiger partial charge < -0.3 is 10.1 Å². The molecule has 0 atom stereocenters. The standard InChI is InChI=1S/C13H18BrN5O/c1-9-7-10(2)19(18-9)6-4-5-15-13-16-8-11(14)12(17-13)20-3/h7-8H,4-6H2,1-3H3,(H,15,16,17). The molecule has 2 aromatic heterocycles. The fourth-order valence-electron chi connectivity index (χ4n) is 1.91. The molecule has 20 heavy (non-hydrogen) atoms. The molecule has 0 fully saturated rings. The van der Waals surface area contributed by atoms with E-state index < -0.39 is 0 Å². The largest absolute Gasteiger partial charge is 0.480 e. The summed E-state index contributed by atoms with van der Waals surface area (Å²) in [6.07, 6.45) is 2.62. The van der Waals surface area contributed by atoms with E-state index in [0.29, 0.717) is 11.8 Å². The van der Waals surface area contributed by atoms with Crippen LogP contribution in [-0.2, 0) is 6.54 Å². The summed E-state index contributed by atoms with van der Waals surface area (Å²) >= 11 is 3.32. The molecule has 0 spiro atoms. The van der Waals surface area contributed by atoms with Crippen LogP contribution >= 0.6 is 15.9 Å². The third-order valence-electron chi connectivity index (χ3n) is 2.84. The Morgan fingerprint density at radius 1 is 1.40 bits per heavy atom. The van der Waals surface area contributed by atoms with Crippen LogP contribution in [0.15, 0.2) is 16.7 Å². The molecule has 2 heterocycles. The highest BCUT2D eigenvalue weighted by atomic mass is 79.9. The summed E-state index contributed by atoms with van der Waals surface area (Å²) in [5.41, 5.74) is 2.24. The van der Waals surface area contributed by atoms with E-state index in [1.807, 2.05) is 11.6 Å². The normalized spacial score (nSPS) is 10.6.